The monoisotopic (exact) mass is 346 g/mol. The molecule has 3 aromatic rings. The fraction of sp³-hybridized carbons (Fsp3) is 0.176. The molecule has 2 aromatic carbocycles. The SMILES string of the molecule is Cc1c2ccccc2[nH]c(=O)[n+]1C.Cc1ccc(S(=O)(=O)[O-])cc1. The number of aromatic nitrogens is 2. The van der Waals surface area contributed by atoms with E-state index in [0.29, 0.717) is 0 Å². The molecule has 1 N–H and O–H groups in total. The van der Waals surface area contributed by atoms with Gasteiger partial charge in [0.05, 0.1) is 17.3 Å². The lowest BCUT2D eigenvalue weighted by Gasteiger charge is -2.05. The third-order valence-corrected chi connectivity index (χ3v) is 4.53. The first-order valence-corrected chi connectivity index (χ1v) is 8.61. The van der Waals surface area contributed by atoms with E-state index in [4.69, 9.17) is 0 Å². The summed E-state index contributed by atoms with van der Waals surface area (Å²) in [6.45, 7) is 3.76. The first-order chi connectivity index (χ1) is 11.2. The van der Waals surface area contributed by atoms with Crippen molar-refractivity contribution in [1.82, 2.24) is 4.98 Å². The van der Waals surface area contributed by atoms with E-state index in [0.717, 1.165) is 22.2 Å². The van der Waals surface area contributed by atoms with E-state index < -0.39 is 10.1 Å². The van der Waals surface area contributed by atoms with Crippen LogP contribution in [-0.4, -0.2) is 18.0 Å². The fourth-order valence-corrected chi connectivity index (χ4v) is 2.61. The molecule has 1 heterocycles. The Morgan fingerprint density at radius 1 is 1.00 bits per heavy atom. The summed E-state index contributed by atoms with van der Waals surface area (Å²) in [6.07, 6.45) is 0. The van der Waals surface area contributed by atoms with Crippen LogP contribution in [0, 0.1) is 13.8 Å². The standard InChI is InChI=1S/C10H10N2O.C7H8O3S/c1-7-8-5-3-4-6-9(8)11-10(13)12(7)2;1-6-2-4-7(5-3-6)11(8,9)10/h3-6H,1-2H3;2-5H,1H3,(H,8,9,10). The molecule has 0 spiro atoms. The van der Waals surface area contributed by atoms with Gasteiger partial charge < -0.3 is 4.55 Å². The van der Waals surface area contributed by atoms with Crippen molar-refractivity contribution in [2.24, 2.45) is 7.05 Å². The maximum Gasteiger partial charge on any atom is 0.496 e. The van der Waals surface area contributed by atoms with E-state index in [1.54, 1.807) is 23.7 Å². The van der Waals surface area contributed by atoms with Crippen LogP contribution in [0.3, 0.4) is 0 Å². The van der Waals surface area contributed by atoms with Crippen LogP contribution in [0.15, 0.2) is 58.2 Å². The highest BCUT2D eigenvalue weighted by atomic mass is 32.2. The molecule has 0 amide bonds. The van der Waals surface area contributed by atoms with Crippen molar-refractivity contribution in [3.05, 3.63) is 70.3 Å². The van der Waals surface area contributed by atoms with Crippen LogP contribution < -0.4 is 10.3 Å². The molecular weight excluding hydrogens is 328 g/mol. The van der Waals surface area contributed by atoms with Gasteiger partial charge in [0.25, 0.3) is 0 Å². The summed E-state index contributed by atoms with van der Waals surface area (Å²) >= 11 is 0. The van der Waals surface area contributed by atoms with Crippen molar-refractivity contribution >= 4 is 21.0 Å². The third kappa shape index (κ3) is 4.06. The van der Waals surface area contributed by atoms with E-state index in [9.17, 15) is 17.8 Å². The van der Waals surface area contributed by atoms with Crippen molar-refractivity contribution in [3.63, 3.8) is 0 Å². The molecule has 0 bridgehead atoms. The number of rotatable bonds is 1. The minimum Gasteiger partial charge on any atom is -0.744 e. The topological polar surface area (TPSA) is 93.9 Å². The number of hydrogen-bond acceptors (Lipinski definition) is 4. The maximum absolute atomic E-state index is 11.4. The lowest BCUT2D eigenvalue weighted by atomic mass is 10.2. The number of benzene rings is 2. The molecular formula is C17H18N2O4S. The molecule has 0 atom stereocenters. The molecule has 3 rings (SSSR count). The van der Waals surface area contributed by atoms with Crippen LogP contribution in [0.25, 0.3) is 10.9 Å². The van der Waals surface area contributed by atoms with Gasteiger partial charge in [0, 0.05) is 0 Å². The van der Waals surface area contributed by atoms with Crippen molar-refractivity contribution in [1.29, 1.82) is 0 Å². The largest absolute Gasteiger partial charge is 0.744 e. The summed E-state index contributed by atoms with van der Waals surface area (Å²) in [4.78, 5) is 14.0. The van der Waals surface area contributed by atoms with Crippen molar-refractivity contribution in [2.45, 2.75) is 18.7 Å². The summed E-state index contributed by atoms with van der Waals surface area (Å²) in [6, 6.07) is 13.6. The molecule has 0 saturated carbocycles. The molecule has 126 valence electrons. The lowest BCUT2D eigenvalue weighted by Crippen LogP contribution is -2.50. The first-order valence-electron chi connectivity index (χ1n) is 7.20. The van der Waals surface area contributed by atoms with Gasteiger partial charge in [-0.3, -0.25) is 0 Å². The quantitative estimate of drug-likeness (QED) is 0.534. The van der Waals surface area contributed by atoms with Crippen LogP contribution in [0.1, 0.15) is 11.3 Å². The normalized spacial score (nSPS) is 11.0. The van der Waals surface area contributed by atoms with Gasteiger partial charge >= 0.3 is 5.69 Å². The molecule has 24 heavy (non-hydrogen) atoms. The van der Waals surface area contributed by atoms with Gasteiger partial charge in [0.15, 0.2) is 0 Å². The predicted molar refractivity (Wildman–Crippen MR) is 89.6 cm³/mol. The molecule has 0 aliphatic carbocycles. The molecule has 0 aliphatic heterocycles. The molecule has 7 heteroatoms. The molecule has 6 nitrogen and oxygen atoms in total. The number of aryl methyl sites for hydroxylation is 2. The van der Waals surface area contributed by atoms with Gasteiger partial charge in [0.2, 0.25) is 0 Å². The Morgan fingerprint density at radius 2 is 1.58 bits per heavy atom. The highest BCUT2D eigenvalue weighted by molar-refractivity contribution is 7.85. The molecule has 0 fully saturated rings. The van der Waals surface area contributed by atoms with Gasteiger partial charge in [-0.15, -0.1) is 0 Å². The van der Waals surface area contributed by atoms with Crippen LogP contribution >= 0.6 is 0 Å². The Balaban J connectivity index is 0.000000177. The van der Waals surface area contributed by atoms with Gasteiger partial charge in [-0.05, 0) is 38.1 Å². The number of aromatic amines is 1. The van der Waals surface area contributed by atoms with E-state index >= 15 is 0 Å². The molecule has 0 aliphatic rings. The second kappa shape index (κ2) is 6.94. The second-order valence-corrected chi connectivity index (χ2v) is 6.77. The Hall–Kier alpha value is -2.51. The van der Waals surface area contributed by atoms with Gasteiger partial charge in [0.1, 0.15) is 21.3 Å². The zero-order valence-corrected chi connectivity index (χ0v) is 14.4. The molecule has 1 aromatic heterocycles. The van der Waals surface area contributed by atoms with Crippen molar-refractivity contribution < 1.29 is 17.5 Å². The van der Waals surface area contributed by atoms with Crippen LogP contribution in [0.2, 0.25) is 0 Å². The van der Waals surface area contributed by atoms with Crippen LogP contribution in [-0.2, 0) is 17.2 Å². The smallest absolute Gasteiger partial charge is 0.496 e. The van der Waals surface area contributed by atoms with E-state index in [1.165, 1.54) is 12.1 Å². The minimum atomic E-state index is -4.27. The van der Waals surface area contributed by atoms with E-state index in [2.05, 4.69) is 4.98 Å². The number of nitrogens with zero attached hydrogens (tertiary/aromatic N) is 1. The Bertz CT molecular complexity index is 1020. The fourth-order valence-electron chi connectivity index (χ4n) is 2.14. The van der Waals surface area contributed by atoms with Crippen LogP contribution in [0.4, 0.5) is 0 Å². The van der Waals surface area contributed by atoms with Crippen molar-refractivity contribution in [3.8, 4) is 0 Å². The number of fused-ring (bicyclic) bond motifs is 1. The maximum atomic E-state index is 11.4. The molecule has 0 saturated heterocycles. The summed E-state index contributed by atoms with van der Waals surface area (Å²) in [7, 11) is -2.51. The number of H-pyrrole nitrogens is 1. The average molecular weight is 346 g/mol. The lowest BCUT2D eigenvalue weighted by molar-refractivity contribution is -0.693. The minimum absolute atomic E-state index is 0.0730. The Kier molecular flexibility index (Phi) is 5.16. The third-order valence-electron chi connectivity index (χ3n) is 3.68. The zero-order valence-electron chi connectivity index (χ0n) is 13.6. The Labute approximate surface area is 140 Å². The van der Waals surface area contributed by atoms with E-state index in [1.807, 2.05) is 38.1 Å². The van der Waals surface area contributed by atoms with E-state index in [-0.39, 0.29) is 10.6 Å². The molecule has 0 unspecified atom stereocenters. The number of nitrogens with one attached hydrogen (secondary N) is 1. The summed E-state index contributed by atoms with van der Waals surface area (Å²) in [5, 5.41) is 1.09. The number of para-hydroxylation sites is 1. The molecule has 0 radical (unpaired) electrons. The summed E-state index contributed by atoms with van der Waals surface area (Å²) in [5.41, 5.74) is 2.73. The average Bonchev–Trinajstić information content (AvgIpc) is 2.53. The predicted octanol–water partition coefficient (Wildman–Crippen LogP) is 1.56. The first kappa shape index (κ1) is 17.8. The second-order valence-electron chi connectivity index (χ2n) is 5.39. The number of hydrogen-bond donors (Lipinski definition) is 1. The van der Waals surface area contributed by atoms with Gasteiger partial charge in [-0.2, -0.15) is 9.36 Å². The summed E-state index contributed by atoms with van der Waals surface area (Å²) in [5.74, 6) is 0. The summed E-state index contributed by atoms with van der Waals surface area (Å²) < 4.78 is 32.8. The van der Waals surface area contributed by atoms with Crippen molar-refractivity contribution in [2.75, 3.05) is 0 Å². The highest BCUT2D eigenvalue weighted by Gasteiger charge is 2.08. The van der Waals surface area contributed by atoms with Crippen LogP contribution in [0.5, 0.6) is 0 Å². The highest BCUT2D eigenvalue weighted by Crippen LogP contribution is 2.10. The van der Waals surface area contributed by atoms with Gasteiger partial charge in [-0.25, -0.2) is 13.4 Å². The van der Waals surface area contributed by atoms with Gasteiger partial charge in [-0.1, -0.05) is 29.8 Å². The Morgan fingerprint density at radius 3 is 2.17 bits per heavy atom. The zero-order chi connectivity index (χ0) is 17.9.